The second-order valence-corrected chi connectivity index (χ2v) is 7.02. The summed E-state index contributed by atoms with van der Waals surface area (Å²) in [4.78, 5) is 16.3. The molecule has 4 heterocycles. The molecular formula is C19H19FN6O. The van der Waals surface area contributed by atoms with E-state index in [1.165, 1.54) is 6.07 Å². The maximum Gasteiger partial charge on any atom is 0.224 e. The Morgan fingerprint density at radius 2 is 2.15 bits per heavy atom. The predicted octanol–water partition coefficient (Wildman–Crippen LogP) is 3.31. The van der Waals surface area contributed by atoms with E-state index in [9.17, 15) is 4.39 Å². The van der Waals surface area contributed by atoms with Gasteiger partial charge in [-0.1, -0.05) is 0 Å². The summed E-state index contributed by atoms with van der Waals surface area (Å²) in [6.45, 7) is 1.84. The zero-order valence-electron chi connectivity index (χ0n) is 15.0. The van der Waals surface area contributed by atoms with Crippen molar-refractivity contribution in [2.75, 3.05) is 12.4 Å². The van der Waals surface area contributed by atoms with Crippen molar-refractivity contribution in [3.63, 3.8) is 0 Å². The van der Waals surface area contributed by atoms with Crippen LogP contribution in [0.15, 0.2) is 30.9 Å². The molecular weight excluding hydrogens is 347 g/mol. The highest BCUT2D eigenvalue weighted by molar-refractivity contribution is 5.93. The van der Waals surface area contributed by atoms with Gasteiger partial charge in [-0.15, -0.1) is 0 Å². The molecule has 0 spiro atoms. The molecule has 1 aliphatic carbocycles. The van der Waals surface area contributed by atoms with Crippen LogP contribution in [0.4, 0.5) is 10.3 Å². The van der Waals surface area contributed by atoms with Gasteiger partial charge in [-0.2, -0.15) is 4.98 Å². The summed E-state index contributed by atoms with van der Waals surface area (Å²) >= 11 is 0. The molecule has 0 aliphatic heterocycles. The molecule has 0 saturated heterocycles. The molecule has 1 aliphatic rings. The molecule has 138 valence electrons. The second kappa shape index (κ2) is 6.02. The van der Waals surface area contributed by atoms with E-state index in [0.717, 1.165) is 35.0 Å². The van der Waals surface area contributed by atoms with Crippen LogP contribution in [0.3, 0.4) is 0 Å². The summed E-state index contributed by atoms with van der Waals surface area (Å²) in [5, 5.41) is 4.17. The van der Waals surface area contributed by atoms with Gasteiger partial charge in [-0.05, 0) is 25.8 Å². The number of methoxy groups -OCH3 is 1. The van der Waals surface area contributed by atoms with Crippen LogP contribution in [-0.4, -0.2) is 43.6 Å². The molecule has 8 heteroatoms. The molecule has 27 heavy (non-hydrogen) atoms. The van der Waals surface area contributed by atoms with Crippen LogP contribution in [0.25, 0.3) is 27.8 Å². The minimum atomic E-state index is -0.355. The van der Waals surface area contributed by atoms with Gasteiger partial charge in [0.2, 0.25) is 5.95 Å². The number of aromatic amines is 1. The molecule has 0 radical (unpaired) electrons. The van der Waals surface area contributed by atoms with E-state index in [-0.39, 0.29) is 5.82 Å². The SMILES string of the molecule is CO[C@H]1C[C@@H](Nc2ncc3c(-c4cc(F)c5nc(C)cn5c4)c[nH]c3n2)C1. The number of halogens is 1. The average molecular weight is 366 g/mol. The van der Waals surface area contributed by atoms with Gasteiger partial charge in [-0.25, -0.2) is 14.4 Å². The van der Waals surface area contributed by atoms with Crippen molar-refractivity contribution in [1.29, 1.82) is 0 Å². The summed E-state index contributed by atoms with van der Waals surface area (Å²) in [6, 6.07) is 1.83. The Kier molecular flexibility index (Phi) is 3.61. The molecule has 2 N–H and O–H groups in total. The lowest BCUT2D eigenvalue weighted by atomic mass is 9.89. The number of nitrogens with zero attached hydrogens (tertiary/aromatic N) is 4. The average Bonchev–Trinajstić information content (AvgIpc) is 3.20. The van der Waals surface area contributed by atoms with E-state index in [2.05, 4.69) is 25.3 Å². The highest BCUT2D eigenvalue weighted by atomic mass is 19.1. The molecule has 5 rings (SSSR count). The molecule has 7 nitrogen and oxygen atoms in total. The van der Waals surface area contributed by atoms with Crippen LogP contribution >= 0.6 is 0 Å². The summed E-state index contributed by atoms with van der Waals surface area (Å²) in [6.07, 6.45) is 9.50. The molecule has 1 fully saturated rings. The summed E-state index contributed by atoms with van der Waals surface area (Å²) in [7, 11) is 1.73. The van der Waals surface area contributed by atoms with Crippen molar-refractivity contribution in [3.05, 3.63) is 42.4 Å². The van der Waals surface area contributed by atoms with Crippen LogP contribution in [0, 0.1) is 12.7 Å². The Morgan fingerprint density at radius 3 is 2.96 bits per heavy atom. The third-order valence-electron chi connectivity index (χ3n) is 5.13. The fourth-order valence-corrected chi connectivity index (χ4v) is 3.60. The third kappa shape index (κ3) is 2.73. The number of aromatic nitrogens is 5. The molecule has 0 atom stereocenters. The van der Waals surface area contributed by atoms with Gasteiger partial charge in [0.1, 0.15) is 5.65 Å². The van der Waals surface area contributed by atoms with Gasteiger partial charge < -0.3 is 19.4 Å². The Balaban J connectivity index is 1.48. The number of pyridine rings is 1. The minimum absolute atomic E-state index is 0.319. The Bertz CT molecular complexity index is 1140. The Morgan fingerprint density at radius 1 is 1.30 bits per heavy atom. The Hall–Kier alpha value is -3.00. The molecule has 0 aromatic carbocycles. The van der Waals surface area contributed by atoms with E-state index in [1.54, 1.807) is 23.9 Å². The second-order valence-electron chi connectivity index (χ2n) is 7.02. The van der Waals surface area contributed by atoms with E-state index in [1.807, 2.05) is 19.3 Å². The standard InChI is InChI=1S/C19H19FN6O/c1-10-8-26-9-11(3-16(20)18(26)23-10)14-6-21-17-15(14)7-22-19(25-17)24-12-4-13(5-12)27-2/h3,6-9,12-13H,4-5H2,1-2H3,(H2,21,22,24,25)/t12-,13+. The number of ether oxygens (including phenoxy) is 1. The number of anilines is 1. The molecule has 4 aromatic heterocycles. The first-order valence-corrected chi connectivity index (χ1v) is 8.89. The zero-order chi connectivity index (χ0) is 18.5. The summed E-state index contributed by atoms with van der Waals surface area (Å²) in [5.41, 5.74) is 3.42. The van der Waals surface area contributed by atoms with Crippen molar-refractivity contribution >= 4 is 22.6 Å². The van der Waals surface area contributed by atoms with E-state index < -0.39 is 0 Å². The van der Waals surface area contributed by atoms with E-state index in [4.69, 9.17) is 4.74 Å². The first-order chi connectivity index (χ1) is 13.1. The van der Waals surface area contributed by atoms with Gasteiger partial charge in [-0.3, -0.25) is 0 Å². The van der Waals surface area contributed by atoms with Gasteiger partial charge in [0.25, 0.3) is 0 Å². The van der Waals surface area contributed by atoms with Crippen molar-refractivity contribution in [3.8, 4) is 11.1 Å². The molecule has 1 saturated carbocycles. The van der Waals surface area contributed by atoms with Crippen molar-refractivity contribution < 1.29 is 9.13 Å². The highest BCUT2D eigenvalue weighted by Crippen LogP contribution is 2.30. The quantitative estimate of drug-likeness (QED) is 0.579. The van der Waals surface area contributed by atoms with Crippen LogP contribution < -0.4 is 5.32 Å². The smallest absolute Gasteiger partial charge is 0.224 e. The van der Waals surface area contributed by atoms with Gasteiger partial charge in [0.05, 0.1) is 11.8 Å². The highest BCUT2D eigenvalue weighted by Gasteiger charge is 2.29. The number of hydrogen-bond acceptors (Lipinski definition) is 5. The summed E-state index contributed by atoms with van der Waals surface area (Å²) < 4.78 is 21.4. The number of imidazole rings is 1. The fraction of sp³-hybridized carbons (Fsp3) is 0.316. The van der Waals surface area contributed by atoms with Gasteiger partial charge >= 0.3 is 0 Å². The number of hydrogen-bond donors (Lipinski definition) is 2. The minimum Gasteiger partial charge on any atom is -0.381 e. The molecule has 4 aromatic rings. The topological polar surface area (TPSA) is 80.1 Å². The lowest BCUT2D eigenvalue weighted by Gasteiger charge is -2.34. The van der Waals surface area contributed by atoms with E-state index >= 15 is 0 Å². The van der Waals surface area contributed by atoms with Crippen molar-refractivity contribution in [2.24, 2.45) is 0 Å². The van der Waals surface area contributed by atoms with Crippen molar-refractivity contribution in [1.82, 2.24) is 24.3 Å². The number of H-pyrrole nitrogens is 1. The van der Waals surface area contributed by atoms with Gasteiger partial charge in [0.15, 0.2) is 11.5 Å². The fourth-order valence-electron chi connectivity index (χ4n) is 3.60. The number of rotatable bonds is 4. The first kappa shape index (κ1) is 16.2. The van der Waals surface area contributed by atoms with Crippen LogP contribution in [0.2, 0.25) is 0 Å². The first-order valence-electron chi connectivity index (χ1n) is 8.89. The summed E-state index contributed by atoms with van der Waals surface area (Å²) in [5.74, 6) is 0.231. The number of nitrogens with one attached hydrogen (secondary N) is 2. The molecule has 0 unspecified atom stereocenters. The number of fused-ring (bicyclic) bond motifs is 2. The molecule has 0 bridgehead atoms. The predicted molar refractivity (Wildman–Crippen MR) is 100 cm³/mol. The number of aryl methyl sites for hydroxylation is 1. The lowest BCUT2D eigenvalue weighted by Crippen LogP contribution is -2.40. The maximum atomic E-state index is 14.4. The third-order valence-corrected chi connectivity index (χ3v) is 5.13. The largest absolute Gasteiger partial charge is 0.381 e. The van der Waals surface area contributed by atoms with Crippen molar-refractivity contribution in [2.45, 2.75) is 31.9 Å². The maximum absolute atomic E-state index is 14.4. The van der Waals surface area contributed by atoms with Crippen LogP contribution in [0.1, 0.15) is 18.5 Å². The van der Waals surface area contributed by atoms with Crippen LogP contribution in [-0.2, 0) is 4.74 Å². The lowest BCUT2D eigenvalue weighted by molar-refractivity contribution is 0.0327. The van der Waals surface area contributed by atoms with E-state index in [0.29, 0.717) is 29.4 Å². The van der Waals surface area contributed by atoms with Crippen LogP contribution in [0.5, 0.6) is 0 Å². The van der Waals surface area contributed by atoms with Gasteiger partial charge in [0, 0.05) is 54.5 Å². The Labute approximate surface area is 154 Å². The zero-order valence-corrected chi connectivity index (χ0v) is 15.0. The monoisotopic (exact) mass is 366 g/mol. The normalized spacial score (nSPS) is 19.5. The molecule has 0 amide bonds.